The zero-order valence-corrected chi connectivity index (χ0v) is 17.6. The maximum atomic E-state index is 12.9. The number of benzene rings is 1. The Morgan fingerprint density at radius 1 is 1.26 bits per heavy atom. The Bertz CT molecular complexity index is 1180. The largest absolute Gasteiger partial charge is 0.481 e. The molecule has 156 valence electrons. The van der Waals surface area contributed by atoms with Gasteiger partial charge >= 0.3 is 0 Å². The summed E-state index contributed by atoms with van der Waals surface area (Å²) in [5.41, 5.74) is 2.85. The smallest absolute Gasteiger partial charge is 0.252 e. The van der Waals surface area contributed by atoms with E-state index in [2.05, 4.69) is 21.4 Å². The molecule has 1 aliphatic rings. The van der Waals surface area contributed by atoms with Crippen molar-refractivity contribution < 1.29 is 14.3 Å². The molecule has 0 bridgehead atoms. The molecule has 0 spiro atoms. The Hall–Kier alpha value is -3.64. The standard InChI is InChI=1S/C22H19N5O3S/c1-30-20-5-3-15(10-25-20)14-2-4-19-18(8-14)17(6-7-24-19)22(29)26-11-21(28)27-13-31-12-16(27)9-23/h2-8,10,16H,11-13H2,1H3,(H,26,29). The minimum absolute atomic E-state index is 0.163. The van der Waals surface area contributed by atoms with Crippen molar-refractivity contribution in [3.8, 4) is 23.1 Å². The zero-order valence-electron chi connectivity index (χ0n) is 16.7. The van der Waals surface area contributed by atoms with Gasteiger partial charge < -0.3 is 15.0 Å². The van der Waals surface area contributed by atoms with Gasteiger partial charge in [-0.1, -0.05) is 6.07 Å². The molecule has 3 aromatic rings. The van der Waals surface area contributed by atoms with Crippen molar-refractivity contribution in [1.82, 2.24) is 20.2 Å². The van der Waals surface area contributed by atoms with Crippen LogP contribution < -0.4 is 10.1 Å². The third-order valence-electron chi connectivity index (χ3n) is 5.02. The van der Waals surface area contributed by atoms with E-state index >= 15 is 0 Å². The van der Waals surface area contributed by atoms with Gasteiger partial charge in [0.25, 0.3) is 5.91 Å². The Morgan fingerprint density at radius 3 is 2.84 bits per heavy atom. The lowest BCUT2D eigenvalue weighted by atomic mass is 10.0. The fourth-order valence-corrected chi connectivity index (χ4v) is 4.45. The summed E-state index contributed by atoms with van der Waals surface area (Å²) < 4.78 is 5.10. The summed E-state index contributed by atoms with van der Waals surface area (Å²) in [6.07, 6.45) is 3.27. The molecule has 1 fully saturated rings. The molecule has 0 saturated carbocycles. The molecule has 8 nitrogen and oxygen atoms in total. The summed E-state index contributed by atoms with van der Waals surface area (Å²) in [6, 6.07) is 12.6. The molecule has 9 heteroatoms. The lowest BCUT2D eigenvalue weighted by Crippen LogP contribution is -2.42. The number of ether oxygens (including phenoxy) is 1. The van der Waals surface area contributed by atoms with E-state index in [-0.39, 0.29) is 18.4 Å². The third-order valence-corrected chi connectivity index (χ3v) is 6.03. The van der Waals surface area contributed by atoms with E-state index in [1.807, 2.05) is 24.3 Å². The first-order valence-electron chi connectivity index (χ1n) is 9.55. The third kappa shape index (κ3) is 4.29. The summed E-state index contributed by atoms with van der Waals surface area (Å²) in [4.78, 5) is 35.3. The highest BCUT2D eigenvalue weighted by molar-refractivity contribution is 7.99. The SMILES string of the molecule is COc1ccc(-c2ccc3nccc(C(=O)NCC(=O)N4CSCC4C#N)c3c2)cn1. The molecule has 1 N–H and O–H groups in total. The minimum Gasteiger partial charge on any atom is -0.481 e. The first kappa shape index (κ1) is 20.6. The Balaban J connectivity index is 1.55. The number of carbonyl (C=O) groups excluding carboxylic acids is 2. The molecule has 31 heavy (non-hydrogen) atoms. The number of amides is 2. The maximum absolute atomic E-state index is 12.9. The van der Waals surface area contributed by atoms with Gasteiger partial charge in [-0.15, -0.1) is 11.8 Å². The van der Waals surface area contributed by atoms with Crippen LogP contribution in [0, 0.1) is 11.3 Å². The van der Waals surface area contributed by atoms with E-state index in [4.69, 9.17) is 10.00 Å². The van der Waals surface area contributed by atoms with Crippen LogP contribution in [0.25, 0.3) is 22.0 Å². The van der Waals surface area contributed by atoms with Crippen molar-refractivity contribution >= 4 is 34.5 Å². The number of carbonyl (C=O) groups is 2. The first-order valence-corrected chi connectivity index (χ1v) is 10.7. The molecule has 1 aliphatic heterocycles. The topological polar surface area (TPSA) is 108 Å². The Morgan fingerprint density at radius 2 is 2.10 bits per heavy atom. The molecular formula is C22H19N5O3S. The number of nitriles is 1. The fourth-order valence-electron chi connectivity index (χ4n) is 3.34. The van der Waals surface area contributed by atoms with Gasteiger partial charge in [-0.25, -0.2) is 4.98 Å². The molecule has 0 radical (unpaired) electrons. The predicted octanol–water partition coefficient (Wildman–Crippen LogP) is 2.46. The molecule has 1 saturated heterocycles. The van der Waals surface area contributed by atoms with Crippen LogP contribution in [0.1, 0.15) is 10.4 Å². The minimum atomic E-state index is -0.447. The van der Waals surface area contributed by atoms with Gasteiger partial charge in [-0.05, 0) is 29.8 Å². The predicted molar refractivity (Wildman–Crippen MR) is 117 cm³/mol. The van der Waals surface area contributed by atoms with Crippen LogP contribution in [0.3, 0.4) is 0 Å². The Labute approximate surface area is 183 Å². The summed E-state index contributed by atoms with van der Waals surface area (Å²) in [6.45, 7) is -0.163. The monoisotopic (exact) mass is 433 g/mol. The van der Waals surface area contributed by atoms with Gasteiger partial charge in [0.2, 0.25) is 11.8 Å². The average molecular weight is 433 g/mol. The fraction of sp³-hybridized carbons (Fsp3) is 0.227. The van der Waals surface area contributed by atoms with Crippen LogP contribution in [-0.2, 0) is 4.79 Å². The van der Waals surface area contributed by atoms with E-state index in [1.54, 1.807) is 31.6 Å². The van der Waals surface area contributed by atoms with Crippen LogP contribution in [-0.4, -0.2) is 58.0 Å². The van der Waals surface area contributed by atoms with Crippen molar-refractivity contribution in [3.05, 3.63) is 54.4 Å². The number of hydrogen-bond donors (Lipinski definition) is 1. The first-order chi connectivity index (χ1) is 15.1. The molecule has 2 aromatic heterocycles. The van der Waals surface area contributed by atoms with Crippen molar-refractivity contribution in [2.45, 2.75) is 6.04 Å². The second-order valence-corrected chi connectivity index (χ2v) is 7.87. The van der Waals surface area contributed by atoms with Gasteiger partial charge in [0.1, 0.15) is 6.04 Å². The van der Waals surface area contributed by atoms with Gasteiger partial charge in [0.15, 0.2) is 0 Å². The van der Waals surface area contributed by atoms with Crippen LogP contribution in [0.15, 0.2) is 48.8 Å². The van der Waals surface area contributed by atoms with Crippen LogP contribution in [0.2, 0.25) is 0 Å². The van der Waals surface area contributed by atoms with Crippen LogP contribution in [0.4, 0.5) is 0 Å². The number of pyridine rings is 2. The quantitative estimate of drug-likeness (QED) is 0.658. The van der Waals surface area contributed by atoms with E-state index in [9.17, 15) is 9.59 Å². The van der Waals surface area contributed by atoms with Crippen molar-refractivity contribution in [2.24, 2.45) is 0 Å². The molecular weight excluding hydrogens is 414 g/mol. The van der Waals surface area contributed by atoms with Crippen LogP contribution >= 0.6 is 11.8 Å². The average Bonchev–Trinajstić information content (AvgIpc) is 3.31. The van der Waals surface area contributed by atoms with Gasteiger partial charge in [-0.3, -0.25) is 14.6 Å². The number of nitrogens with one attached hydrogen (secondary N) is 1. The number of hydrogen-bond acceptors (Lipinski definition) is 7. The van der Waals surface area contributed by atoms with E-state index in [0.29, 0.717) is 34.0 Å². The summed E-state index contributed by atoms with van der Waals surface area (Å²) >= 11 is 1.53. The molecule has 1 atom stereocenters. The normalized spacial score (nSPS) is 15.5. The molecule has 1 aromatic carbocycles. The number of methoxy groups -OCH3 is 1. The van der Waals surface area contributed by atoms with Crippen molar-refractivity contribution in [1.29, 1.82) is 5.26 Å². The summed E-state index contributed by atoms with van der Waals surface area (Å²) in [5.74, 6) is 0.934. The van der Waals surface area contributed by atoms with Crippen molar-refractivity contribution in [2.75, 3.05) is 25.3 Å². The number of nitrogens with zero attached hydrogens (tertiary/aromatic N) is 4. The lowest BCUT2D eigenvalue weighted by molar-refractivity contribution is -0.129. The molecule has 0 aliphatic carbocycles. The number of aromatic nitrogens is 2. The van der Waals surface area contributed by atoms with Crippen LogP contribution in [0.5, 0.6) is 5.88 Å². The zero-order chi connectivity index (χ0) is 21.8. The van der Waals surface area contributed by atoms with E-state index in [0.717, 1.165) is 11.1 Å². The molecule has 1 unspecified atom stereocenters. The highest BCUT2D eigenvalue weighted by atomic mass is 32.2. The molecule has 4 rings (SSSR count). The van der Waals surface area contributed by atoms with E-state index < -0.39 is 6.04 Å². The summed E-state index contributed by atoms with van der Waals surface area (Å²) in [7, 11) is 1.56. The summed E-state index contributed by atoms with van der Waals surface area (Å²) in [5, 5.41) is 12.5. The van der Waals surface area contributed by atoms with Gasteiger partial charge in [-0.2, -0.15) is 5.26 Å². The molecule has 2 amide bonds. The highest BCUT2D eigenvalue weighted by Crippen LogP contribution is 2.26. The second kappa shape index (κ2) is 9.02. The Kier molecular flexibility index (Phi) is 6.00. The molecule has 3 heterocycles. The van der Waals surface area contributed by atoms with E-state index in [1.165, 1.54) is 16.7 Å². The number of fused-ring (bicyclic) bond motifs is 1. The number of thioether (sulfide) groups is 1. The second-order valence-electron chi connectivity index (χ2n) is 6.87. The highest BCUT2D eigenvalue weighted by Gasteiger charge is 2.29. The van der Waals surface area contributed by atoms with Gasteiger partial charge in [0, 0.05) is 35.2 Å². The number of rotatable bonds is 5. The lowest BCUT2D eigenvalue weighted by Gasteiger charge is -2.18. The van der Waals surface area contributed by atoms with Gasteiger partial charge in [0.05, 0.1) is 36.7 Å². The van der Waals surface area contributed by atoms with Crippen molar-refractivity contribution in [3.63, 3.8) is 0 Å². The maximum Gasteiger partial charge on any atom is 0.252 e.